The van der Waals surface area contributed by atoms with Gasteiger partial charge in [-0.1, -0.05) is 118 Å². The molecule has 0 bridgehead atoms. The first kappa shape index (κ1) is 27.4. The van der Waals surface area contributed by atoms with Gasteiger partial charge in [-0.05, 0) is 49.3 Å². The highest BCUT2D eigenvalue weighted by molar-refractivity contribution is 9.12. The predicted octanol–water partition coefficient (Wildman–Crippen LogP) is 10.2. The standard InChI is InChI=1S/C19H30Br2.2C2H6/c1-3-5-7-9-11-16-13-14-18(20)17(15-19(16)21)12-10-8-6-4-2;2*1-2/h13,15H,3-12,14H2,1-2H3;2*1-2H3. The number of rotatable bonds is 10. The average molecular weight is 478 g/mol. The minimum Gasteiger partial charge on any atom is -0.0752 e. The molecule has 0 spiro atoms. The summed E-state index contributed by atoms with van der Waals surface area (Å²) in [5.41, 5.74) is 2.98. The molecule has 0 amide bonds. The van der Waals surface area contributed by atoms with Crippen molar-refractivity contribution in [2.24, 2.45) is 0 Å². The second-order valence-corrected chi connectivity index (χ2v) is 7.79. The lowest BCUT2D eigenvalue weighted by atomic mass is 10.0. The summed E-state index contributed by atoms with van der Waals surface area (Å²) in [4.78, 5) is 0. The van der Waals surface area contributed by atoms with E-state index in [1.807, 2.05) is 27.7 Å². The molecule has 0 fully saturated rings. The van der Waals surface area contributed by atoms with Gasteiger partial charge in [-0.25, -0.2) is 0 Å². The van der Waals surface area contributed by atoms with E-state index in [1.165, 1.54) is 84.3 Å². The molecule has 0 atom stereocenters. The molecule has 0 saturated carbocycles. The summed E-state index contributed by atoms with van der Waals surface area (Å²) < 4.78 is 2.68. The van der Waals surface area contributed by atoms with Crippen LogP contribution in [0.4, 0.5) is 0 Å². The minimum absolute atomic E-state index is 1.05. The van der Waals surface area contributed by atoms with Crippen LogP contribution in [0.25, 0.3) is 0 Å². The Labute approximate surface area is 175 Å². The smallest absolute Gasteiger partial charge is 0.0207 e. The molecule has 0 aromatic heterocycles. The maximum atomic E-state index is 3.80. The molecule has 0 heterocycles. The summed E-state index contributed by atoms with van der Waals surface area (Å²) in [6.45, 7) is 12.5. The molecule has 1 aliphatic carbocycles. The maximum absolute atomic E-state index is 3.80. The summed E-state index contributed by atoms with van der Waals surface area (Å²) in [6, 6.07) is 0. The van der Waals surface area contributed by atoms with Crippen LogP contribution in [0.1, 0.15) is 112 Å². The molecule has 0 aromatic rings. The lowest BCUT2D eigenvalue weighted by molar-refractivity contribution is 0.666. The molecule has 2 heteroatoms. The molecule has 0 saturated heterocycles. The van der Waals surface area contributed by atoms with E-state index in [9.17, 15) is 0 Å². The van der Waals surface area contributed by atoms with E-state index in [1.54, 1.807) is 0 Å². The molecule has 1 rings (SSSR count). The third kappa shape index (κ3) is 14.0. The molecular formula is C23H42Br2. The second-order valence-electron chi connectivity index (χ2n) is 5.98. The Morgan fingerprint density at radius 2 is 1.28 bits per heavy atom. The zero-order valence-corrected chi connectivity index (χ0v) is 20.9. The van der Waals surface area contributed by atoms with Gasteiger partial charge in [-0.3, -0.25) is 0 Å². The third-order valence-electron chi connectivity index (χ3n) is 4.08. The molecule has 0 N–H and O–H groups in total. The topological polar surface area (TPSA) is 0 Å². The lowest BCUT2D eigenvalue weighted by Gasteiger charge is -2.07. The molecule has 0 nitrogen and oxygen atoms in total. The second kappa shape index (κ2) is 20.5. The van der Waals surface area contributed by atoms with Crippen molar-refractivity contribution in [1.29, 1.82) is 0 Å². The van der Waals surface area contributed by atoms with Gasteiger partial charge in [0.25, 0.3) is 0 Å². The maximum Gasteiger partial charge on any atom is 0.0207 e. The summed E-state index contributed by atoms with van der Waals surface area (Å²) in [5, 5.41) is 0. The van der Waals surface area contributed by atoms with Crippen molar-refractivity contribution in [3.63, 3.8) is 0 Å². The van der Waals surface area contributed by atoms with Gasteiger partial charge in [0.1, 0.15) is 0 Å². The SMILES string of the molecule is CC.CC.CCCCCCC1=CCC(Br)=C(CCCCCC)C=C1Br. The van der Waals surface area contributed by atoms with Crippen molar-refractivity contribution >= 4 is 31.9 Å². The van der Waals surface area contributed by atoms with Gasteiger partial charge in [-0.15, -0.1) is 0 Å². The highest BCUT2D eigenvalue weighted by Gasteiger charge is 2.10. The zero-order chi connectivity index (χ0) is 19.5. The summed E-state index contributed by atoms with van der Waals surface area (Å²) in [6.07, 6.45) is 18.9. The fourth-order valence-electron chi connectivity index (χ4n) is 2.68. The number of hydrogen-bond acceptors (Lipinski definition) is 0. The first-order chi connectivity index (χ1) is 12.2. The Balaban J connectivity index is 0. The van der Waals surface area contributed by atoms with Crippen LogP contribution in [0.15, 0.2) is 32.3 Å². The predicted molar refractivity (Wildman–Crippen MR) is 126 cm³/mol. The number of allylic oxidation sites excluding steroid dienone is 6. The summed E-state index contributed by atoms with van der Waals surface area (Å²) in [7, 11) is 0. The van der Waals surface area contributed by atoms with Gasteiger partial charge >= 0.3 is 0 Å². The highest BCUT2D eigenvalue weighted by Crippen LogP contribution is 2.34. The van der Waals surface area contributed by atoms with Crippen molar-refractivity contribution in [3.8, 4) is 0 Å². The molecule has 148 valence electrons. The Kier molecular flexibility index (Phi) is 22.5. The van der Waals surface area contributed by atoms with Crippen molar-refractivity contribution in [3.05, 3.63) is 32.3 Å². The van der Waals surface area contributed by atoms with Crippen LogP contribution in [0.5, 0.6) is 0 Å². The lowest BCUT2D eigenvalue weighted by Crippen LogP contribution is -1.86. The van der Waals surface area contributed by atoms with E-state index in [-0.39, 0.29) is 0 Å². The van der Waals surface area contributed by atoms with Crippen molar-refractivity contribution in [2.45, 2.75) is 112 Å². The van der Waals surface area contributed by atoms with Gasteiger partial charge in [-0.2, -0.15) is 0 Å². The van der Waals surface area contributed by atoms with E-state index in [0.29, 0.717) is 0 Å². The molecule has 0 aromatic carbocycles. The molecule has 0 radical (unpaired) electrons. The summed E-state index contributed by atoms with van der Waals surface area (Å²) in [5.74, 6) is 0. The van der Waals surface area contributed by atoms with Gasteiger partial charge in [0.2, 0.25) is 0 Å². The van der Waals surface area contributed by atoms with Crippen LogP contribution in [0, 0.1) is 0 Å². The van der Waals surface area contributed by atoms with Crippen LogP contribution in [-0.4, -0.2) is 0 Å². The van der Waals surface area contributed by atoms with Crippen LogP contribution in [0.3, 0.4) is 0 Å². The molecule has 1 aliphatic rings. The van der Waals surface area contributed by atoms with Crippen LogP contribution in [-0.2, 0) is 0 Å². The van der Waals surface area contributed by atoms with E-state index in [0.717, 1.165) is 6.42 Å². The van der Waals surface area contributed by atoms with Crippen molar-refractivity contribution < 1.29 is 0 Å². The van der Waals surface area contributed by atoms with E-state index in [4.69, 9.17) is 0 Å². The first-order valence-corrected chi connectivity index (χ1v) is 12.2. The molecule has 0 unspecified atom stereocenters. The Morgan fingerprint density at radius 3 is 1.80 bits per heavy atom. The quantitative estimate of drug-likeness (QED) is 0.274. The van der Waals surface area contributed by atoms with Crippen LogP contribution >= 0.6 is 31.9 Å². The fraction of sp³-hybridized carbons (Fsp3) is 0.739. The normalized spacial score (nSPS) is 13.8. The van der Waals surface area contributed by atoms with E-state index in [2.05, 4.69) is 57.9 Å². The van der Waals surface area contributed by atoms with Gasteiger partial charge in [0.05, 0.1) is 0 Å². The highest BCUT2D eigenvalue weighted by atomic mass is 79.9. The van der Waals surface area contributed by atoms with E-state index >= 15 is 0 Å². The van der Waals surface area contributed by atoms with Crippen molar-refractivity contribution in [1.82, 2.24) is 0 Å². The monoisotopic (exact) mass is 476 g/mol. The third-order valence-corrected chi connectivity index (χ3v) is 5.65. The molecule has 0 aliphatic heterocycles. The largest absolute Gasteiger partial charge is 0.0752 e. The fourth-order valence-corrected chi connectivity index (χ4v) is 3.79. The van der Waals surface area contributed by atoms with Gasteiger partial charge in [0, 0.05) is 8.96 Å². The zero-order valence-electron chi connectivity index (χ0n) is 17.7. The van der Waals surface area contributed by atoms with Gasteiger partial charge in [0.15, 0.2) is 0 Å². The average Bonchev–Trinajstić information content (AvgIpc) is 2.78. The Morgan fingerprint density at radius 1 is 0.760 bits per heavy atom. The Bertz CT molecular complexity index is 389. The van der Waals surface area contributed by atoms with Crippen LogP contribution in [0.2, 0.25) is 0 Å². The van der Waals surface area contributed by atoms with Crippen LogP contribution < -0.4 is 0 Å². The molecular weight excluding hydrogens is 436 g/mol. The minimum atomic E-state index is 1.05. The summed E-state index contributed by atoms with van der Waals surface area (Å²) >= 11 is 7.59. The number of halogens is 2. The van der Waals surface area contributed by atoms with Crippen molar-refractivity contribution in [2.75, 3.05) is 0 Å². The molecule has 25 heavy (non-hydrogen) atoms. The number of unbranched alkanes of at least 4 members (excludes halogenated alkanes) is 6. The van der Waals surface area contributed by atoms with Gasteiger partial charge < -0.3 is 0 Å². The van der Waals surface area contributed by atoms with E-state index < -0.39 is 0 Å². The Hall–Kier alpha value is 0.180. The number of hydrogen-bond donors (Lipinski definition) is 0. The first-order valence-electron chi connectivity index (χ1n) is 10.6.